The molecule has 1 aromatic carbocycles. The molecular formula is C23H35IN6O2. The van der Waals surface area contributed by atoms with Crippen LogP contribution in [0.3, 0.4) is 0 Å². The Morgan fingerprint density at radius 2 is 1.81 bits per heavy atom. The minimum atomic E-state index is 0. The van der Waals surface area contributed by atoms with Crippen LogP contribution in [-0.2, 0) is 6.54 Å². The van der Waals surface area contributed by atoms with Gasteiger partial charge in [0.25, 0.3) is 0 Å². The van der Waals surface area contributed by atoms with Crippen molar-refractivity contribution in [3.8, 4) is 11.5 Å². The molecule has 32 heavy (non-hydrogen) atoms. The SMILES string of the molecule is CN=C(NCc1cccnc1N(C)C)NC1CCN(c2cc(OC)cc(OC)c2)CC1.I. The van der Waals surface area contributed by atoms with Crippen molar-refractivity contribution in [2.24, 2.45) is 4.99 Å². The van der Waals surface area contributed by atoms with Gasteiger partial charge in [0, 0.05) is 82.5 Å². The summed E-state index contributed by atoms with van der Waals surface area (Å²) in [5, 5.41) is 7.00. The second-order valence-electron chi connectivity index (χ2n) is 7.78. The molecule has 0 spiro atoms. The molecule has 176 valence electrons. The number of guanidine groups is 1. The van der Waals surface area contributed by atoms with Gasteiger partial charge in [0.1, 0.15) is 17.3 Å². The summed E-state index contributed by atoms with van der Waals surface area (Å²) >= 11 is 0. The van der Waals surface area contributed by atoms with Crippen LogP contribution in [0.15, 0.2) is 41.5 Å². The van der Waals surface area contributed by atoms with Gasteiger partial charge in [-0.05, 0) is 18.9 Å². The number of nitrogens with zero attached hydrogens (tertiary/aromatic N) is 4. The van der Waals surface area contributed by atoms with Crippen LogP contribution in [0.1, 0.15) is 18.4 Å². The van der Waals surface area contributed by atoms with Gasteiger partial charge in [-0.25, -0.2) is 4.98 Å². The second-order valence-corrected chi connectivity index (χ2v) is 7.78. The molecule has 0 aliphatic carbocycles. The molecule has 8 nitrogen and oxygen atoms in total. The molecule has 1 saturated heterocycles. The van der Waals surface area contributed by atoms with Gasteiger partial charge in [0.05, 0.1) is 14.2 Å². The van der Waals surface area contributed by atoms with Crippen LogP contribution in [0.2, 0.25) is 0 Å². The zero-order valence-electron chi connectivity index (χ0n) is 19.6. The lowest BCUT2D eigenvalue weighted by Gasteiger charge is -2.34. The zero-order chi connectivity index (χ0) is 22.2. The Labute approximate surface area is 208 Å². The van der Waals surface area contributed by atoms with Crippen molar-refractivity contribution in [2.45, 2.75) is 25.4 Å². The Morgan fingerprint density at radius 1 is 1.16 bits per heavy atom. The molecule has 0 bridgehead atoms. The Hall–Kier alpha value is -2.43. The van der Waals surface area contributed by atoms with Gasteiger partial charge in [-0.1, -0.05) is 6.07 Å². The maximum absolute atomic E-state index is 5.41. The summed E-state index contributed by atoms with van der Waals surface area (Å²) in [4.78, 5) is 13.3. The lowest BCUT2D eigenvalue weighted by molar-refractivity contribution is 0.393. The Balaban J connectivity index is 0.00000363. The van der Waals surface area contributed by atoms with E-state index in [4.69, 9.17) is 9.47 Å². The first-order valence-electron chi connectivity index (χ1n) is 10.6. The van der Waals surface area contributed by atoms with Crippen LogP contribution < -0.4 is 29.9 Å². The van der Waals surface area contributed by atoms with E-state index in [-0.39, 0.29) is 24.0 Å². The van der Waals surface area contributed by atoms with E-state index in [0.717, 1.165) is 60.5 Å². The quantitative estimate of drug-likeness (QED) is 0.310. The van der Waals surface area contributed by atoms with Crippen LogP contribution in [-0.4, -0.2) is 65.4 Å². The van der Waals surface area contributed by atoms with Crippen molar-refractivity contribution >= 4 is 41.4 Å². The lowest BCUT2D eigenvalue weighted by Crippen LogP contribution is -2.48. The number of rotatable bonds is 7. The van der Waals surface area contributed by atoms with Crippen molar-refractivity contribution in [3.63, 3.8) is 0 Å². The number of methoxy groups -OCH3 is 2. The van der Waals surface area contributed by atoms with Gasteiger partial charge in [-0.3, -0.25) is 4.99 Å². The molecule has 1 aliphatic rings. The van der Waals surface area contributed by atoms with Crippen molar-refractivity contribution in [2.75, 3.05) is 58.3 Å². The van der Waals surface area contributed by atoms with Crippen molar-refractivity contribution in [1.82, 2.24) is 15.6 Å². The predicted octanol–water partition coefficient (Wildman–Crippen LogP) is 3.12. The van der Waals surface area contributed by atoms with Gasteiger partial charge < -0.3 is 29.9 Å². The minimum absolute atomic E-state index is 0. The van der Waals surface area contributed by atoms with Crippen LogP contribution in [0.5, 0.6) is 11.5 Å². The minimum Gasteiger partial charge on any atom is -0.497 e. The van der Waals surface area contributed by atoms with Gasteiger partial charge in [-0.15, -0.1) is 24.0 Å². The van der Waals surface area contributed by atoms with E-state index in [1.165, 1.54) is 0 Å². The van der Waals surface area contributed by atoms with Crippen LogP contribution in [0.25, 0.3) is 0 Å². The summed E-state index contributed by atoms with van der Waals surface area (Å²) in [6.07, 6.45) is 3.86. The fraction of sp³-hybridized carbons (Fsp3) is 0.478. The van der Waals surface area contributed by atoms with Crippen LogP contribution in [0, 0.1) is 0 Å². The summed E-state index contributed by atoms with van der Waals surface area (Å²) in [6, 6.07) is 10.4. The number of ether oxygens (including phenoxy) is 2. The summed E-state index contributed by atoms with van der Waals surface area (Å²) in [5.74, 6) is 3.40. The molecular weight excluding hydrogens is 519 g/mol. The third-order valence-corrected chi connectivity index (χ3v) is 5.50. The number of aromatic nitrogens is 1. The molecule has 9 heteroatoms. The number of piperidine rings is 1. The third kappa shape index (κ3) is 6.78. The highest BCUT2D eigenvalue weighted by atomic mass is 127. The molecule has 1 aliphatic heterocycles. The molecule has 2 aromatic rings. The van der Waals surface area contributed by atoms with Crippen molar-refractivity contribution < 1.29 is 9.47 Å². The number of aliphatic imine (C=N–C) groups is 1. The Morgan fingerprint density at radius 3 is 2.38 bits per heavy atom. The number of benzene rings is 1. The first kappa shape index (κ1) is 25.8. The summed E-state index contributed by atoms with van der Waals surface area (Å²) in [5.41, 5.74) is 2.27. The van der Waals surface area contributed by atoms with Gasteiger partial charge in [0.15, 0.2) is 5.96 Å². The standard InChI is InChI=1S/C23H34N6O2.HI/c1-24-23(26-16-17-7-6-10-25-22(17)28(2)3)27-18-8-11-29(12-9-18)19-13-20(30-4)15-21(14-19)31-5;/h6-7,10,13-15,18H,8-9,11-12,16H2,1-5H3,(H2,24,26,27);1H. The predicted molar refractivity (Wildman–Crippen MR) is 142 cm³/mol. The summed E-state index contributed by atoms with van der Waals surface area (Å²) < 4.78 is 10.8. The first-order valence-corrected chi connectivity index (χ1v) is 10.6. The number of pyridine rings is 1. The topological polar surface area (TPSA) is 74.3 Å². The monoisotopic (exact) mass is 554 g/mol. The molecule has 3 rings (SSSR count). The van der Waals surface area contributed by atoms with Crippen molar-refractivity contribution in [1.29, 1.82) is 0 Å². The van der Waals surface area contributed by atoms with Gasteiger partial charge >= 0.3 is 0 Å². The number of halogens is 1. The molecule has 0 unspecified atom stereocenters. The van der Waals surface area contributed by atoms with Crippen molar-refractivity contribution in [3.05, 3.63) is 42.1 Å². The molecule has 2 heterocycles. The van der Waals surface area contributed by atoms with E-state index in [1.54, 1.807) is 14.2 Å². The Bertz CT molecular complexity index is 862. The maximum atomic E-state index is 5.41. The van der Waals surface area contributed by atoms with E-state index >= 15 is 0 Å². The van der Waals surface area contributed by atoms with Crippen LogP contribution in [0.4, 0.5) is 11.5 Å². The average molecular weight is 554 g/mol. The lowest BCUT2D eigenvalue weighted by atomic mass is 10.0. The molecule has 0 saturated carbocycles. The highest BCUT2D eigenvalue weighted by molar-refractivity contribution is 14.0. The molecule has 0 radical (unpaired) electrons. The van der Waals surface area contributed by atoms with E-state index in [1.807, 2.05) is 44.4 Å². The molecule has 0 atom stereocenters. The van der Waals surface area contributed by atoms with Gasteiger partial charge in [0.2, 0.25) is 0 Å². The first-order chi connectivity index (χ1) is 15.0. The maximum Gasteiger partial charge on any atom is 0.191 e. The molecule has 1 fully saturated rings. The fourth-order valence-electron chi connectivity index (χ4n) is 3.79. The normalized spacial score (nSPS) is 14.4. The second kappa shape index (κ2) is 12.6. The van der Waals surface area contributed by atoms with Gasteiger partial charge in [-0.2, -0.15) is 0 Å². The number of nitrogens with one attached hydrogen (secondary N) is 2. The number of hydrogen-bond acceptors (Lipinski definition) is 6. The highest BCUT2D eigenvalue weighted by Crippen LogP contribution is 2.30. The van der Waals surface area contributed by atoms with E-state index in [9.17, 15) is 0 Å². The summed E-state index contributed by atoms with van der Waals surface area (Å²) in [6.45, 7) is 2.58. The molecule has 2 N–H and O–H groups in total. The Kier molecular flexibility index (Phi) is 10.1. The number of hydrogen-bond donors (Lipinski definition) is 2. The van der Waals surface area contributed by atoms with Crippen LogP contribution >= 0.6 is 24.0 Å². The number of anilines is 2. The molecule has 0 amide bonds. The fourth-order valence-corrected chi connectivity index (χ4v) is 3.79. The summed E-state index contributed by atoms with van der Waals surface area (Å²) in [7, 11) is 9.18. The third-order valence-electron chi connectivity index (χ3n) is 5.50. The van der Waals surface area contributed by atoms with E-state index in [0.29, 0.717) is 12.6 Å². The largest absolute Gasteiger partial charge is 0.497 e. The molecule has 1 aromatic heterocycles. The smallest absolute Gasteiger partial charge is 0.191 e. The zero-order valence-corrected chi connectivity index (χ0v) is 21.9. The van der Waals surface area contributed by atoms with E-state index in [2.05, 4.69) is 43.7 Å². The average Bonchev–Trinajstić information content (AvgIpc) is 2.81. The highest BCUT2D eigenvalue weighted by Gasteiger charge is 2.21. The van der Waals surface area contributed by atoms with E-state index < -0.39 is 0 Å².